The number of nitrogens with zero attached hydrogens (tertiary/aromatic N) is 5. The van der Waals surface area contributed by atoms with E-state index in [-0.39, 0.29) is 5.43 Å². The number of fused-ring (bicyclic) bond motifs is 5. The second-order valence-electron chi connectivity index (χ2n) is 10.7. The molecule has 0 unspecified atom stereocenters. The Kier molecular flexibility index (Phi) is 5.68. The zero-order chi connectivity index (χ0) is 29.1. The second kappa shape index (κ2) is 9.73. The van der Waals surface area contributed by atoms with Gasteiger partial charge in [-0.25, -0.2) is 4.68 Å². The fourth-order valence-corrected chi connectivity index (χ4v) is 6.20. The minimum Gasteiger partial charge on any atom is -0.497 e. The number of anilines is 2. The molecule has 0 radical (unpaired) electrons. The Bertz CT molecular complexity index is 2100. The summed E-state index contributed by atoms with van der Waals surface area (Å²) in [5, 5.41) is 5.42. The molecule has 0 bridgehead atoms. The largest absolute Gasteiger partial charge is 0.497 e. The maximum atomic E-state index is 14.3. The number of aromatic nitrogens is 2. The van der Waals surface area contributed by atoms with Crippen molar-refractivity contribution in [2.24, 2.45) is 4.99 Å². The summed E-state index contributed by atoms with van der Waals surface area (Å²) in [5.74, 6) is 2.01. The van der Waals surface area contributed by atoms with E-state index in [2.05, 4.69) is 34.1 Å². The number of methoxy groups -OCH3 is 1. The van der Waals surface area contributed by atoms with Gasteiger partial charge >= 0.3 is 0 Å². The SMILES string of the molecule is COc1ccc2occ([C@@H]3c4c(C)nn(-c5ccccc5)c4N=C4N(Cc5ccccc5)c5ccccc5N43)c(=O)c2c1. The first-order valence-electron chi connectivity index (χ1n) is 14.1. The summed E-state index contributed by atoms with van der Waals surface area (Å²) >= 11 is 0. The predicted octanol–water partition coefficient (Wildman–Crippen LogP) is 6.91. The molecule has 0 aliphatic carbocycles. The Hall–Kier alpha value is -5.63. The van der Waals surface area contributed by atoms with Crippen LogP contribution in [0.15, 0.2) is 124 Å². The molecule has 0 amide bonds. The van der Waals surface area contributed by atoms with Crippen LogP contribution in [0.1, 0.15) is 28.4 Å². The molecule has 2 aromatic heterocycles. The van der Waals surface area contributed by atoms with Crippen LogP contribution in [0.25, 0.3) is 16.7 Å². The fourth-order valence-electron chi connectivity index (χ4n) is 6.20. The van der Waals surface area contributed by atoms with E-state index >= 15 is 0 Å². The number of ether oxygens (including phenoxy) is 1. The predicted molar refractivity (Wildman–Crippen MR) is 168 cm³/mol. The van der Waals surface area contributed by atoms with Gasteiger partial charge in [0.25, 0.3) is 0 Å². The molecule has 4 aromatic carbocycles. The van der Waals surface area contributed by atoms with Crippen molar-refractivity contribution in [2.45, 2.75) is 19.5 Å². The highest BCUT2D eigenvalue weighted by molar-refractivity contribution is 6.18. The topological polar surface area (TPSA) is 76.1 Å². The maximum Gasteiger partial charge on any atom is 0.213 e. The maximum absolute atomic E-state index is 14.3. The van der Waals surface area contributed by atoms with Crippen molar-refractivity contribution in [1.82, 2.24) is 9.78 Å². The van der Waals surface area contributed by atoms with Crippen LogP contribution in [-0.4, -0.2) is 22.8 Å². The third-order valence-electron chi connectivity index (χ3n) is 8.19. The summed E-state index contributed by atoms with van der Waals surface area (Å²) in [6, 6.07) is 33.3. The molecule has 4 heterocycles. The number of para-hydroxylation sites is 3. The molecule has 0 N–H and O–H groups in total. The standard InChI is InChI=1S/C35H27N5O3/c1-22-31-32(27-21-43-30-18-17-25(42-2)19-26(30)33(27)41)39-29-16-10-9-15-28(29)38(20-23-11-5-3-6-12-23)35(39)36-34(31)40(37-22)24-13-7-4-8-14-24/h3-19,21,32H,20H2,1-2H3/t32-/m1/s1. The average Bonchev–Trinajstić information content (AvgIpc) is 3.55. The molecule has 210 valence electrons. The lowest BCUT2D eigenvalue weighted by atomic mass is 9.95. The van der Waals surface area contributed by atoms with Crippen LogP contribution in [0, 0.1) is 6.92 Å². The highest BCUT2D eigenvalue weighted by atomic mass is 16.5. The minimum absolute atomic E-state index is 0.122. The Labute approximate surface area is 247 Å². The minimum atomic E-state index is -0.534. The highest BCUT2D eigenvalue weighted by Gasteiger charge is 2.45. The van der Waals surface area contributed by atoms with Gasteiger partial charge in [-0.05, 0) is 55.0 Å². The Morgan fingerprint density at radius 3 is 2.37 bits per heavy atom. The lowest BCUT2D eigenvalue weighted by molar-refractivity contribution is 0.415. The molecule has 2 aliphatic rings. The first-order valence-corrected chi connectivity index (χ1v) is 14.1. The van der Waals surface area contributed by atoms with Gasteiger partial charge in [0.15, 0.2) is 11.2 Å². The fraction of sp³-hybridized carbons (Fsp3) is 0.114. The molecule has 0 spiro atoms. The van der Waals surface area contributed by atoms with Gasteiger partial charge in [-0.15, -0.1) is 0 Å². The lowest BCUT2D eigenvalue weighted by Crippen LogP contribution is -2.44. The number of guanidine groups is 1. The molecule has 8 nitrogen and oxygen atoms in total. The molecule has 6 aromatic rings. The summed E-state index contributed by atoms with van der Waals surface area (Å²) in [6.45, 7) is 2.58. The van der Waals surface area contributed by atoms with Gasteiger partial charge in [-0.1, -0.05) is 60.7 Å². The normalized spacial score (nSPS) is 15.2. The monoisotopic (exact) mass is 565 g/mol. The van der Waals surface area contributed by atoms with E-state index in [1.807, 2.05) is 72.3 Å². The number of hydrogen-bond acceptors (Lipinski definition) is 7. The van der Waals surface area contributed by atoms with E-state index in [1.165, 1.54) is 0 Å². The van der Waals surface area contributed by atoms with Crippen LogP contribution in [-0.2, 0) is 6.54 Å². The Morgan fingerprint density at radius 2 is 1.60 bits per heavy atom. The molecule has 0 saturated heterocycles. The first kappa shape index (κ1) is 25.1. The van der Waals surface area contributed by atoms with E-state index in [1.54, 1.807) is 31.6 Å². The third kappa shape index (κ3) is 3.87. The first-order chi connectivity index (χ1) is 21.1. The molecular weight excluding hydrogens is 538 g/mol. The van der Waals surface area contributed by atoms with Crippen molar-refractivity contribution < 1.29 is 9.15 Å². The van der Waals surface area contributed by atoms with E-state index < -0.39 is 6.04 Å². The molecule has 8 rings (SSSR count). The van der Waals surface area contributed by atoms with Crippen molar-refractivity contribution in [3.8, 4) is 11.4 Å². The van der Waals surface area contributed by atoms with Crippen LogP contribution in [0.4, 0.5) is 17.2 Å². The van der Waals surface area contributed by atoms with Gasteiger partial charge in [0.05, 0.1) is 53.4 Å². The van der Waals surface area contributed by atoms with E-state index in [0.717, 1.165) is 39.8 Å². The van der Waals surface area contributed by atoms with E-state index in [0.29, 0.717) is 34.6 Å². The van der Waals surface area contributed by atoms with Crippen LogP contribution < -0.4 is 20.0 Å². The quantitative estimate of drug-likeness (QED) is 0.226. The summed E-state index contributed by atoms with van der Waals surface area (Å²) in [7, 11) is 1.59. The van der Waals surface area contributed by atoms with Crippen molar-refractivity contribution >= 4 is 34.1 Å². The van der Waals surface area contributed by atoms with Crippen LogP contribution in [0.5, 0.6) is 5.75 Å². The van der Waals surface area contributed by atoms with E-state index in [4.69, 9.17) is 19.2 Å². The van der Waals surface area contributed by atoms with Crippen molar-refractivity contribution in [3.05, 3.63) is 142 Å². The van der Waals surface area contributed by atoms with Gasteiger partial charge in [-0.2, -0.15) is 10.1 Å². The number of aryl methyl sites for hydroxylation is 1. The summed E-state index contributed by atoms with van der Waals surface area (Å²) < 4.78 is 13.4. The lowest BCUT2D eigenvalue weighted by Gasteiger charge is -2.34. The smallest absolute Gasteiger partial charge is 0.213 e. The Morgan fingerprint density at radius 1 is 0.884 bits per heavy atom. The third-order valence-corrected chi connectivity index (χ3v) is 8.19. The van der Waals surface area contributed by atoms with Crippen molar-refractivity contribution in [1.29, 1.82) is 0 Å². The number of benzene rings is 4. The zero-order valence-corrected chi connectivity index (χ0v) is 23.6. The van der Waals surface area contributed by atoms with Crippen molar-refractivity contribution in [3.63, 3.8) is 0 Å². The van der Waals surface area contributed by atoms with Gasteiger partial charge in [-0.3, -0.25) is 9.69 Å². The van der Waals surface area contributed by atoms with Crippen LogP contribution in [0.2, 0.25) is 0 Å². The summed E-state index contributed by atoms with van der Waals surface area (Å²) in [4.78, 5) is 24.0. The van der Waals surface area contributed by atoms with Gasteiger partial charge in [0.2, 0.25) is 5.96 Å². The second-order valence-corrected chi connectivity index (χ2v) is 10.7. The molecule has 0 fully saturated rings. The number of aliphatic imine (C=N–C) groups is 1. The van der Waals surface area contributed by atoms with Gasteiger partial charge in [0.1, 0.15) is 17.6 Å². The highest BCUT2D eigenvalue weighted by Crippen LogP contribution is 2.50. The zero-order valence-electron chi connectivity index (χ0n) is 23.6. The molecule has 0 saturated carbocycles. The Balaban J connectivity index is 1.41. The molecule has 2 aliphatic heterocycles. The molecule has 1 atom stereocenters. The number of rotatable bonds is 5. The van der Waals surface area contributed by atoms with E-state index in [9.17, 15) is 4.79 Å². The van der Waals surface area contributed by atoms with Crippen LogP contribution in [0.3, 0.4) is 0 Å². The van der Waals surface area contributed by atoms with Gasteiger partial charge < -0.3 is 14.1 Å². The molecular formula is C35H27N5O3. The summed E-state index contributed by atoms with van der Waals surface area (Å²) in [6.07, 6.45) is 1.59. The molecule has 8 heteroatoms. The van der Waals surface area contributed by atoms with Crippen LogP contribution >= 0.6 is 0 Å². The average molecular weight is 566 g/mol. The van der Waals surface area contributed by atoms with Gasteiger partial charge in [0, 0.05) is 5.56 Å². The summed E-state index contributed by atoms with van der Waals surface area (Å²) in [5.41, 5.74) is 6.55. The van der Waals surface area contributed by atoms with Crippen molar-refractivity contribution in [2.75, 3.05) is 16.9 Å². The molecule has 43 heavy (non-hydrogen) atoms. The number of hydrogen-bond donors (Lipinski definition) is 0.